The molecule has 5 nitrogen and oxygen atoms in total. The van der Waals surface area contributed by atoms with Crippen molar-refractivity contribution in [1.29, 1.82) is 0 Å². The van der Waals surface area contributed by atoms with Crippen molar-refractivity contribution in [3.8, 4) is 0 Å². The molecule has 2 saturated heterocycles. The zero-order chi connectivity index (χ0) is 17.8. The lowest BCUT2D eigenvalue weighted by molar-refractivity contribution is 0.0731. The minimum absolute atomic E-state index is 0.0189. The van der Waals surface area contributed by atoms with Crippen LogP contribution < -0.4 is 10.2 Å². The number of nitrogens with zero attached hydrogens (tertiary/aromatic N) is 2. The molecule has 138 valence electrons. The highest BCUT2D eigenvalue weighted by Crippen LogP contribution is 2.22. The van der Waals surface area contributed by atoms with E-state index in [2.05, 4.69) is 10.2 Å². The highest BCUT2D eigenvalue weighted by molar-refractivity contribution is 5.74. The van der Waals surface area contributed by atoms with Gasteiger partial charge in [-0.1, -0.05) is 6.07 Å². The van der Waals surface area contributed by atoms with Crippen LogP contribution in [0.2, 0.25) is 0 Å². The number of amides is 2. The summed E-state index contributed by atoms with van der Waals surface area (Å²) >= 11 is 0. The minimum Gasteiger partial charge on any atom is -0.393 e. The highest BCUT2D eigenvalue weighted by Gasteiger charge is 2.28. The number of hydrogen-bond donors (Lipinski definition) is 2. The maximum atomic E-state index is 13.4. The Labute approximate surface area is 148 Å². The fourth-order valence-corrected chi connectivity index (χ4v) is 3.81. The molecule has 0 aliphatic carbocycles. The maximum Gasteiger partial charge on any atom is 0.317 e. The van der Waals surface area contributed by atoms with Crippen LogP contribution in [0.25, 0.3) is 0 Å². The Balaban J connectivity index is 1.48. The molecule has 3 rings (SSSR count). The van der Waals surface area contributed by atoms with E-state index in [0.717, 1.165) is 51.0 Å². The first-order valence-corrected chi connectivity index (χ1v) is 9.27. The van der Waals surface area contributed by atoms with E-state index in [4.69, 9.17) is 0 Å². The summed E-state index contributed by atoms with van der Waals surface area (Å²) in [6, 6.07) is 6.80. The van der Waals surface area contributed by atoms with E-state index in [9.17, 15) is 14.3 Å². The molecule has 2 aliphatic rings. The number of urea groups is 1. The standard InChI is InChI=1S/C19H28FN3O2/c1-14(24)15-4-3-9-23(13-15)19(25)21-17-7-10-22(11-8-17)18-6-2-5-16(20)12-18/h2,5-6,12,14-15,17,24H,3-4,7-11,13H2,1H3,(H,21,25). The Morgan fingerprint density at radius 2 is 2.04 bits per heavy atom. The molecule has 0 saturated carbocycles. The van der Waals surface area contributed by atoms with Crippen molar-refractivity contribution >= 4 is 11.7 Å². The lowest BCUT2D eigenvalue weighted by Crippen LogP contribution is -2.52. The Bertz CT molecular complexity index is 588. The van der Waals surface area contributed by atoms with Crippen molar-refractivity contribution in [2.24, 2.45) is 5.92 Å². The van der Waals surface area contributed by atoms with Crippen molar-refractivity contribution in [2.45, 2.75) is 44.8 Å². The fraction of sp³-hybridized carbons (Fsp3) is 0.632. The molecule has 2 aliphatic heterocycles. The van der Waals surface area contributed by atoms with Crippen LogP contribution in [-0.2, 0) is 0 Å². The van der Waals surface area contributed by atoms with Crippen LogP contribution in [0.1, 0.15) is 32.6 Å². The zero-order valence-corrected chi connectivity index (χ0v) is 14.8. The normalized spacial score (nSPS) is 23.4. The van der Waals surface area contributed by atoms with Gasteiger partial charge in [0.2, 0.25) is 0 Å². The van der Waals surface area contributed by atoms with Crippen molar-refractivity contribution in [2.75, 3.05) is 31.1 Å². The molecule has 2 amide bonds. The summed E-state index contributed by atoms with van der Waals surface area (Å²) in [5.41, 5.74) is 0.903. The molecule has 1 aromatic carbocycles. The number of halogens is 1. The molecular weight excluding hydrogens is 321 g/mol. The predicted octanol–water partition coefficient (Wildman–Crippen LogP) is 2.60. The van der Waals surface area contributed by atoms with Crippen molar-refractivity contribution < 1.29 is 14.3 Å². The average Bonchev–Trinajstić information content (AvgIpc) is 2.62. The highest BCUT2D eigenvalue weighted by atomic mass is 19.1. The summed E-state index contributed by atoms with van der Waals surface area (Å²) in [7, 11) is 0. The predicted molar refractivity (Wildman–Crippen MR) is 96.1 cm³/mol. The number of rotatable bonds is 3. The van der Waals surface area contributed by atoms with Crippen molar-refractivity contribution in [3.05, 3.63) is 30.1 Å². The van der Waals surface area contributed by atoms with E-state index in [-0.39, 0.29) is 29.9 Å². The van der Waals surface area contributed by atoms with Gasteiger partial charge in [-0.05, 0) is 50.8 Å². The number of hydrogen-bond acceptors (Lipinski definition) is 3. The van der Waals surface area contributed by atoms with E-state index in [0.29, 0.717) is 6.54 Å². The van der Waals surface area contributed by atoms with Gasteiger partial charge in [-0.25, -0.2) is 9.18 Å². The van der Waals surface area contributed by atoms with Crippen LogP contribution >= 0.6 is 0 Å². The summed E-state index contributed by atoms with van der Waals surface area (Å²) < 4.78 is 13.4. The molecule has 0 radical (unpaired) electrons. The molecule has 0 bridgehead atoms. The summed E-state index contributed by atoms with van der Waals surface area (Å²) in [5, 5.41) is 12.9. The Morgan fingerprint density at radius 1 is 1.28 bits per heavy atom. The number of piperidine rings is 2. The number of carbonyl (C=O) groups is 1. The maximum absolute atomic E-state index is 13.4. The van der Waals surface area contributed by atoms with Crippen LogP contribution in [0, 0.1) is 11.7 Å². The van der Waals surface area contributed by atoms with Crippen LogP contribution in [0.4, 0.5) is 14.9 Å². The average molecular weight is 349 g/mol. The molecule has 1 aromatic rings. The van der Waals surface area contributed by atoms with E-state index in [1.165, 1.54) is 6.07 Å². The molecule has 0 spiro atoms. The van der Waals surface area contributed by atoms with E-state index < -0.39 is 0 Å². The second-order valence-electron chi connectivity index (χ2n) is 7.28. The van der Waals surface area contributed by atoms with Crippen molar-refractivity contribution in [3.63, 3.8) is 0 Å². The van der Waals surface area contributed by atoms with Crippen LogP contribution in [0.5, 0.6) is 0 Å². The number of carbonyl (C=O) groups excluding carboxylic acids is 1. The van der Waals surface area contributed by atoms with Gasteiger partial charge in [0, 0.05) is 43.8 Å². The van der Waals surface area contributed by atoms with Gasteiger partial charge in [0.15, 0.2) is 0 Å². The van der Waals surface area contributed by atoms with Gasteiger partial charge >= 0.3 is 6.03 Å². The zero-order valence-electron chi connectivity index (χ0n) is 14.8. The number of anilines is 1. The molecule has 2 heterocycles. The van der Waals surface area contributed by atoms with Gasteiger partial charge in [-0.3, -0.25) is 0 Å². The molecule has 0 aromatic heterocycles. The molecule has 6 heteroatoms. The third kappa shape index (κ3) is 4.63. The first-order chi connectivity index (χ1) is 12.0. The lowest BCUT2D eigenvalue weighted by Gasteiger charge is -2.37. The van der Waals surface area contributed by atoms with Gasteiger partial charge in [0.25, 0.3) is 0 Å². The summed E-state index contributed by atoms with van der Waals surface area (Å²) in [5.74, 6) is -0.0417. The van der Waals surface area contributed by atoms with Gasteiger partial charge < -0.3 is 20.2 Å². The van der Waals surface area contributed by atoms with Gasteiger partial charge in [-0.2, -0.15) is 0 Å². The number of benzene rings is 1. The molecule has 25 heavy (non-hydrogen) atoms. The lowest BCUT2D eigenvalue weighted by atomic mass is 9.93. The quantitative estimate of drug-likeness (QED) is 0.882. The number of aliphatic hydroxyl groups is 1. The van der Waals surface area contributed by atoms with Gasteiger partial charge in [0.05, 0.1) is 6.10 Å². The summed E-state index contributed by atoms with van der Waals surface area (Å²) in [4.78, 5) is 16.5. The topological polar surface area (TPSA) is 55.8 Å². The fourth-order valence-electron chi connectivity index (χ4n) is 3.81. The third-order valence-corrected chi connectivity index (χ3v) is 5.42. The number of nitrogens with one attached hydrogen (secondary N) is 1. The second-order valence-corrected chi connectivity index (χ2v) is 7.28. The molecule has 2 atom stereocenters. The van der Waals surface area contributed by atoms with E-state index >= 15 is 0 Å². The molecule has 2 unspecified atom stereocenters. The monoisotopic (exact) mass is 349 g/mol. The second kappa shape index (κ2) is 8.04. The SMILES string of the molecule is CC(O)C1CCCN(C(=O)NC2CCN(c3cccc(F)c3)CC2)C1. The summed E-state index contributed by atoms with van der Waals surface area (Å²) in [6.45, 7) is 4.81. The third-order valence-electron chi connectivity index (χ3n) is 5.42. The van der Waals surface area contributed by atoms with E-state index in [1.807, 2.05) is 11.0 Å². The molecule has 2 fully saturated rings. The largest absolute Gasteiger partial charge is 0.393 e. The van der Waals surface area contributed by atoms with Crippen LogP contribution in [-0.4, -0.2) is 54.4 Å². The minimum atomic E-state index is -0.370. The molecular formula is C19H28FN3O2. The Morgan fingerprint density at radius 3 is 2.72 bits per heavy atom. The van der Waals surface area contributed by atoms with Crippen LogP contribution in [0.15, 0.2) is 24.3 Å². The van der Waals surface area contributed by atoms with E-state index in [1.54, 1.807) is 19.1 Å². The first-order valence-electron chi connectivity index (χ1n) is 9.27. The van der Waals surface area contributed by atoms with Gasteiger partial charge in [-0.15, -0.1) is 0 Å². The first kappa shape index (κ1) is 18.0. The van der Waals surface area contributed by atoms with Gasteiger partial charge in [0.1, 0.15) is 5.82 Å². The van der Waals surface area contributed by atoms with Crippen molar-refractivity contribution in [1.82, 2.24) is 10.2 Å². The number of aliphatic hydroxyl groups excluding tert-OH is 1. The number of likely N-dealkylation sites (tertiary alicyclic amines) is 1. The Kier molecular flexibility index (Phi) is 5.78. The van der Waals surface area contributed by atoms with Crippen LogP contribution in [0.3, 0.4) is 0 Å². The Hall–Kier alpha value is -1.82. The summed E-state index contributed by atoms with van der Waals surface area (Å²) in [6.07, 6.45) is 3.27. The molecule has 2 N–H and O–H groups in total. The smallest absolute Gasteiger partial charge is 0.317 e.